The molecule has 1 aliphatic rings. The molecule has 1 heterocycles. The van der Waals surface area contributed by atoms with Crippen LogP contribution in [-0.4, -0.2) is 29.9 Å². The number of amides is 3. The number of aryl methyl sites for hydroxylation is 3. The summed E-state index contributed by atoms with van der Waals surface area (Å²) in [7, 11) is 0. The Bertz CT molecular complexity index is 1210. The zero-order valence-electron chi connectivity index (χ0n) is 21.2. The van der Waals surface area contributed by atoms with Gasteiger partial charge in [-0.2, -0.15) is 0 Å². The lowest BCUT2D eigenvalue weighted by molar-refractivity contribution is -0.117. The average Bonchev–Trinajstić information content (AvgIpc) is 2.84. The van der Waals surface area contributed by atoms with E-state index in [0.29, 0.717) is 25.2 Å². The van der Waals surface area contributed by atoms with E-state index in [4.69, 9.17) is 0 Å². The fourth-order valence-electron chi connectivity index (χ4n) is 4.79. The average molecular weight is 470 g/mol. The van der Waals surface area contributed by atoms with E-state index in [9.17, 15) is 9.59 Å². The van der Waals surface area contributed by atoms with E-state index in [0.717, 1.165) is 29.8 Å². The minimum absolute atomic E-state index is 0.0217. The topological polar surface area (TPSA) is 52.7 Å². The highest BCUT2D eigenvalue weighted by molar-refractivity contribution is 6.02. The second-order valence-corrected chi connectivity index (χ2v) is 9.52. The van der Waals surface area contributed by atoms with Gasteiger partial charge in [-0.3, -0.25) is 9.69 Å². The molecule has 4 rings (SSSR count). The summed E-state index contributed by atoms with van der Waals surface area (Å²) in [6, 6.07) is 22.1. The molecule has 0 spiro atoms. The smallest absolute Gasteiger partial charge is 0.324 e. The van der Waals surface area contributed by atoms with Gasteiger partial charge in [0.2, 0.25) is 5.91 Å². The first kappa shape index (κ1) is 24.5. The molecular weight excluding hydrogens is 434 g/mol. The van der Waals surface area contributed by atoms with Gasteiger partial charge in [0.05, 0.1) is 17.3 Å². The van der Waals surface area contributed by atoms with E-state index < -0.39 is 0 Å². The first-order valence-corrected chi connectivity index (χ1v) is 12.5. The zero-order valence-corrected chi connectivity index (χ0v) is 21.2. The third-order valence-corrected chi connectivity index (χ3v) is 6.80. The number of anilines is 2. The molecule has 1 N–H and O–H groups in total. The van der Waals surface area contributed by atoms with Crippen LogP contribution in [0, 0.1) is 20.8 Å². The van der Waals surface area contributed by atoms with Crippen molar-refractivity contribution in [2.24, 2.45) is 0 Å². The van der Waals surface area contributed by atoms with Crippen LogP contribution in [0.2, 0.25) is 0 Å². The molecule has 5 heteroatoms. The van der Waals surface area contributed by atoms with Crippen molar-refractivity contribution in [3.63, 3.8) is 0 Å². The molecule has 0 radical (unpaired) electrons. The number of nitrogens with zero attached hydrogens (tertiary/aromatic N) is 2. The zero-order chi connectivity index (χ0) is 24.9. The molecule has 3 aromatic rings. The number of carbonyl (C=O) groups is 2. The molecule has 35 heavy (non-hydrogen) atoms. The minimum Gasteiger partial charge on any atom is -0.324 e. The van der Waals surface area contributed by atoms with E-state index in [2.05, 4.69) is 37.4 Å². The highest BCUT2D eigenvalue weighted by Gasteiger charge is 2.29. The molecule has 0 unspecified atom stereocenters. The van der Waals surface area contributed by atoms with Crippen LogP contribution >= 0.6 is 0 Å². The molecule has 3 amide bonds. The van der Waals surface area contributed by atoms with Gasteiger partial charge in [0.15, 0.2) is 0 Å². The number of hydrogen-bond acceptors (Lipinski definition) is 2. The first-order chi connectivity index (χ1) is 16.9. The fraction of sp³-hybridized carbons (Fsp3) is 0.333. The fourth-order valence-corrected chi connectivity index (χ4v) is 4.79. The molecule has 1 atom stereocenters. The van der Waals surface area contributed by atoms with Gasteiger partial charge in [0, 0.05) is 19.6 Å². The van der Waals surface area contributed by atoms with E-state index >= 15 is 0 Å². The van der Waals surface area contributed by atoms with Crippen molar-refractivity contribution in [1.29, 1.82) is 0 Å². The molecule has 182 valence electrons. The van der Waals surface area contributed by atoms with E-state index in [-0.39, 0.29) is 17.9 Å². The van der Waals surface area contributed by atoms with Crippen LogP contribution in [0.3, 0.4) is 0 Å². The number of rotatable bonds is 7. The Kier molecular flexibility index (Phi) is 7.54. The Morgan fingerprint density at radius 1 is 0.943 bits per heavy atom. The summed E-state index contributed by atoms with van der Waals surface area (Å²) in [5, 5.41) is 3.15. The Morgan fingerprint density at radius 3 is 2.40 bits per heavy atom. The van der Waals surface area contributed by atoms with Crippen LogP contribution in [0.1, 0.15) is 53.5 Å². The van der Waals surface area contributed by atoms with Crippen LogP contribution in [0.5, 0.6) is 0 Å². The largest absolute Gasteiger partial charge is 0.324 e. The van der Waals surface area contributed by atoms with E-state index in [1.807, 2.05) is 72.2 Å². The van der Waals surface area contributed by atoms with Crippen molar-refractivity contribution in [2.45, 2.75) is 53.0 Å². The Hall–Kier alpha value is -3.60. The summed E-state index contributed by atoms with van der Waals surface area (Å²) >= 11 is 0. The van der Waals surface area contributed by atoms with Crippen LogP contribution < -0.4 is 10.2 Å². The summed E-state index contributed by atoms with van der Waals surface area (Å²) in [6.45, 7) is 10.1. The predicted molar refractivity (Wildman–Crippen MR) is 143 cm³/mol. The highest BCUT2D eigenvalue weighted by Crippen LogP contribution is 2.32. The normalized spacial score (nSPS) is 14.7. The van der Waals surface area contributed by atoms with Crippen molar-refractivity contribution < 1.29 is 9.59 Å². The molecule has 0 aliphatic carbocycles. The summed E-state index contributed by atoms with van der Waals surface area (Å²) in [6.07, 6.45) is 1.57. The highest BCUT2D eigenvalue weighted by atomic mass is 16.2. The number of benzene rings is 3. The predicted octanol–water partition coefficient (Wildman–Crippen LogP) is 6.58. The second kappa shape index (κ2) is 10.8. The maximum Gasteiger partial charge on any atom is 0.324 e. The van der Waals surface area contributed by atoms with Crippen LogP contribution in [0.4, 0.5) is 16.2 Å². The van der Waals surface area contributed by atoms with Gasteiger partial charge in [-0.25, -0.2) is 4.79 Å². The van der Waals surface area contributed by atoms with Crippen LogP contribution in [-0.2, 0) is 11.3 Å². The third-order valence-electron chi connectivity index (χ3n) is 6.80. The Balaban J connectivity index is 1.58. The summed E-state index contributed by atoms with van der Waals surface area (Å²) in [5.74, 6) is -0.301. The molecular formula is C30H35N3O2. The van der Waals surface area contributed by atoms with Crippen molar-refractivity contribution in [1.82, 2.24) is 4.90 Å². The number of carbonyl (C=O) groups excluding carboxylic acids is 2. The SMILES string of the molecule is CC[C@H](C(=O)Nc1cc(C)ccc1N1CCCN(Cc2cc(C)ccc2C)C1=O)c1ccccc1. The number of nitrogens with one attached hydrogen (secondary N) is 1. The standard InChI is InChI=1S/C30H35N3O2/c1-5-26(24-10-7-6-8-11-24)29(34)31-27-19-22(3)13-15-28(27)33-17-9-16-32(30(33)35)20-25-18-21(2)12-14-23(25)4/h6-8,10-15,18-19,26H,5,9,16-17,20H2,1-4H3,(H,31,34)/t26-/m0/s1. The van der Waals surface area contributed by atoms with Gasteiger partial charge in [-0.1, -0.05) is 67.1 Å². The van der Waals surface area contributed by atoms with Gasteiger partial charge in [0.25, 0.3) is 0 Å². The quantitative estimate of drug-likeness (QED) is 0.425. The first-order valence-electron chi connectivity index (χ1n) is 12.5. The summed E-state index contributed by atoms with van der Waals surface area (Å²) in [4.78, 5) is 30.6. The third kappa shape index (κ3) is 5.56. The second-order valence-electron chi connectivity index (χ2n) is 9.52. The van der Waals surface area contributed by atoms with E-state index in [1.54, 1.807) is 0 Å². The number of urea groups is 1. The molecule has 5 nitrogen and oxygen atoms in total. The van der Waals surface area contributed by atoms with Gasteiger partial charge in [0.1, 0.15) is 0 Å². The van der Waals surface area contributed by atoms with Crippen molar-refractivity contribution in [2.75, 3.05) is 23.3 Å². The molecule has 1 saturated heterocycles. The van der Waals surface area contributed by atoms with Gasteiger partial charge in [-0.05, 0) is 68.0 Å². The van der Waals surface area contributed by atoms with Crippen molar-refractivity contribution in [3.8, 4) is 0 Å². The molecule has 0 aromatic heterocycles. The van der Waals surface area contributed by atoms with Crippen molar-refractivity contribution >= 4 is 23.3 Å². The van der Waals surface area contributed by atoms with Gasteiger partial charge in [-0.15, -0.1) is 0 Å². The molecule has 1 fully saturated rings. The van der Waals surface area contributed by atoms with Crippen molar-refractivity contribution in [3.05, 3.63) is 94.5 Å². The maximum atomic E-state index is 13.6. The van der Waals surface area contributed by atoms with E-state index in [1.165, 1.54) is 16.7 Å². The maximum absolute atomic E-state index is 13.6. The lowest BCUT2D eigenvalue weighted by Gasteiger charge is -2.37. The Morgan fingerprint density at radius 2 is 1.66 bits per heavy atom. The Labute approximate surface area is 208 Å². The molecule has 1 aliphatic heterocycles. The van der Waals surface area contributed by atoms with Crippen LogP contribution in [0.15, 0.2) is 66.7 Å². The molecule has 0 saturated carbocycles. The monoisotopic (exact) mass is 469 g/mol. The minimum atomic E-state index is -0.248. The molecule has 0 bridgehead atoms. The van der Waals surface area contributed by atoms with Gasteiger partial charge < -0.3 is 10.2 Å². The molecule has 3 aromatic carbocycles. The summed E-state index contributed by atoms with van der Waals surface area (Å²) in [5.41, 5.74) is 7.03. The number of hydrogen-bond donors (Lipinski definition) is 1. The summed E-state index contributed by atoms with van der Waals surface area (Å²) < 4.78 is 0. The lowest BCUT2D eigenvalue weighted by atomic mass is 9.95. The van der Waals surface area contributed by atoms with Gasteiger partial charge >= 0.3 is 6.03 Å². The lowest BCUT2D eigenvalue weighted by Crippen LogP contribution is -2.49. The van der Waals surface area contributed by atoms with Crippen LogP contribution in [0.25, 0.3) is 0 Å².